The van der Waals surface area contributed by atoms with Crippen LogP contribution in [0.2, 0.25) is 5.02 Å². The van der Waals surface area contributed by atoms with Gasteiger partial charge in [-0.25, -0.2) is 4.39 Å². The minimum atomic E-state index is -0.639. The standard InChI is InChI=1S/C16H20ClFN2O2.ClH/c1-10(22-15-5-2-11(18)8-14(15)17)16(21)20-7-6-12-3-4-13(9-20)19-12;/h2,5,8,10,12-13,19H,3-4,6-7,9H2,1H3;1H. The molecule has 2 aliphatic heterocycles. The summed E-state index contributed by atoms with van der Waals surface area (Å²) in [6.45, 7) is 3.18. The van der Waals surface area contributed by atoms with Crippen LogP contribution in [0, 0.1) is 5.82 Å². The lowest BCUT2D eigenvalue weighted by Crippen LogP contribution is -2.44. The normalized spacial score (nSPS) is 24.6. The van der Waals surface area contributed by atoms with Gasteiger partial charge in [0.1, 0.15) is 11.6 Å². The molecule has 1 amide bonds. The van der Waals surface area contributed by atoms with Crippen molar-refractivity contribution in [2.45, 2.75) is 44.4 Å². The summed E-state index contributed by atoms with van der Waals surface area (Å²) >= 11 is 5.94. The summed E-state index contributed by atoms with van der Waals surface area (Å²) in [5, 5.41) is 3.72. The van der Waals surface area contributed by atoms with Crippen LogP contribution in [0.25, 0.3) is 0 Å². The van der Waals surface area contributed by atoms with E-state index in [4.69, 9.17) is 16.3 Å². The second kappa shape index (κ2) is 7.69. The third-order valence-electron chi connectivity index (χ3n) is 4.38. The first kappa shape index (κ1) is 18.3. The number of halogens is 3. The van der Waals surface area contributed by atoms with Crippen molar-refractivity contribution < 1.29 is 13.9 Å². The Morgan fingerprint density at radius 2 is 2.13 bits per heavy atom. The minimum Gasteiger partial charge on any atom is -0.479 e. The van der Waals surface area contributed by atoms with Crippen molar-refractivity contribution in [1.82, 2.24) is 10.2 Å². The molecule has 0 aliphatic carbocycles. The van der Waals surface area contributed by atoms with E-state index in [1.165, 1.54) is 24.6 Å². The summed E-state index contributed by atoms with van der Waals surface area (Å²) in [5.74, 6) is -0.140. The van der Waals surface area contributed by atoms with Gasteiger partial charge in [0.25, 0.3) is 5.91 Å². The molecule has 3 rings (SSSR count). The molecule has 128 valence electrons. The predicted molar refractivity (Wildman–Crippen MR) is 89.9 cm³/mol. The van der Waals surface area contributed by atoms with Crippen LogP contribution in [0.3, 0.4) is 0 Å². The van der Waals surface area contributed by atoms with Crippen molar-refractivity contribution >= 4 is 29.9 Å². The number of benzene rings is 1. The van der Waals surface area contributed by atoms with Crippen LogP contribution in [0.15, 0.2) is 18.2 Å². The predicted octanol–water partition coefficient (Wildman–Crippen LogP) is 3.02. The molecule has 3 atom stereocenters. The van der Waals surface area contributed by atoms with Gasteiger partial charge in [-0.1, -0.05) is 11.6 Å². The van der Waals surface area contributed by atoms with Gasteiger partial charge in [0.2, 0.25) is 0 Å². The molecule has 1 N–H and O–H groups in total. The highest BCUT2D eigenvalue weighted by Crippen LogP contribution is 2.27. The zero-order valence-corrected chi connectivity index (χ0v) is 14.5. The van der Waals surface area contributed by atoms with E-state index in [1.807, 2.05) is 4.90 Å². The summed E-state index contributed by atoms with van der Waals surface area (Å²) in [5.41, 5.74) is 0. The molecule has 3 unspecified atom stereocenters. The topological polar surface area (TPSA) is 41.6 Å². The van der Waals surface area contributed by atoms with Crippen molar-refractivity contribution in [3.63, 3.8) is 0 Å². The van der Waals surface area contributed by atoms with Crippen LogP contribution in [-0.4, -0.2) is 42.1 Å². The highest BCUT2D eigenvalue weighted by molar-refractivity contribution is 6.32. The molecule has 23 heavy (non-hydrogen) atoms. The monoisotopic (exact) mass is 362 g/mol. The Labute approximate surface area is 146 Å². The summed E-state index contributed by atoms with van der Waals surface area (Å²) < 4.78 is 18.7. The molecule has 2 fully saturated rings. The molecule has 2 heterocycles. The summed E-state index contributed by atoms with van der Waals surface area (Å²) in [6.07, 6.45) is 2.66. The lowest BCUT2D eigenvalue weighted by atomic mass is 10.1. The van der Waals surface area contributed by atoms with Crippen LogP contribution in [-0.2, 0) is 4.79 Å². The number of nitrogens with zero attached hydrogens (tertiary/aromatic N) is 1. The van der Waals surface area contributed by atoms with Gasteiger partial charge in [-0.05, 0) is 44.4 Å². The Hall–Kier alpha value is -1.04. The molecular formula is C16H21Cl2FN2O2. The first-order chi connectivity index (χ1) is 10.5. The smallest absolute Gasteiger partial charge is 0.263 e. The molecule has 0 radical (unpaired) electrons. The largest absolute Gasteiger partial charge is 0.479 e. The van der Waals surface area contributed by atoms with E-state index >= 15 is 0 Å². The van der Waals surface area contributed by atoms with Crippen LogP contribution in [0.5, 0.6) is 5.75 Å². The molecule has 2 bridgehead atoms. The lowest BCUT2D eigenvalue weighted by Gasteiger charge is -2.27. The summed E-state index contributed by atoms with van der Waals surface area (Å²) in [4.78, 5) is 14.4. The number of fused-ring (bicyclic) bond motifs is 2. The lowest BCUT2D eigenvalue weighted by molar-refractivity contribution is -0.138. The Balaban J connectivity index is 0.00000192. The van der Waals surface area contributed by atoms with Gasteiger partial charge in [-0.3, -0.25) is 4.79 Å². The maximum atomic E-state index is 13.0. The number of hydrogen-bond donors (Lipinski definition) is 1. The fraction of sp³-hybridized carbons (Fsp3) is 0.562. The van der Waals surface area contributed by atoms with Gasteiger partial charge >= 0.3 is 0 Å². The highest BCUT2D eigenvalue weighted by Gasteiger charge is 2.33. The van der Waals surface area contributed by atoms with Crippen molar-refractivity contribution in [3.8, 4) is 5.75 Å². The SMILES string of the molecule is CC(Oc1ccc(F)cc1Cl)C(=O)N1CCC2CCC(C1)N2.Cl. The summed E-state index contributed by atoms with van der Waals surface area (Å²) in [6, 6.07) is 4.83. The third kappa shape index (κ3) is 4.28. The maximum Gasteiger partial charge on any atom is 0.263 e. The number of hydrogen-bond acceptors (Lipinski definition) is 3. The van der Waals surface area contributed by atoms with E-state index in [1.54, 1.807) is 6.92 Å². The van der Waals surface area contributed by atoms with E-state index in [9.17, 15) is 9.18 Å². The molecular weight excluding hydrogens is 342 g/mol. The van der Waals surface area contributed by atoms with Crippen molar-refractivity contribution in [3.05, 3.63) is 29.0 Å². The minimum absolute atomic E-state index is 0. The third-order valence-corrected chi connectivity index (χ3v) is 4.68. The summed E-state index contributed by atoms with van der Waals surface area (Å²) in [7, 11) is 0. The molecule has 1 aromatic rings. The van der Waals surface area contributed by atoms with Gasteiger partial charge in [0.05, 0.1) is 5.02 Å². The number of carbonyl (C=O) groups is 1. The number of rotatable bonds is 3. The first-order valence-electron chi connectivity index (χ1n) is 7.69. The molecule has 2 aliphatic rings. The van der Waals surface area contributed by atoms with Crippen LogP contribution < -0.4 is 10.1 Å². The van der Waals surface area contributed by atoms with Crippen molar-refractivity contribution in [2.24, 2.45) is 0 Å². The molecule has 4 nitrogen and oxygen atoms in total. The van der Waals surface area contributed by atoms with E-state index in [-0.39, 0.29) is 23.3 Å². The molecule has 0 spiro atoms. The number of likely N-dealkylation sites (tertiary alicyclic amines) is 1. The Kier molecular flexibility index (Phi) is 6.12. The maximum absolute atomic E-state index is 13.0. The van der Waals surface area contributed by atoms with Gasteiger partial charge in [0, 0.05) is 25.2 Å². The van der Waals surface area contributed by atoms with E-state index < -0.39 is 11.9 Å². The highest BCUT2D eigenvalue weighted by atomic mass is 35.5. The molecule has 2 saturated heterocycles. The second-order valence-electron chi connectivity index (χ2n) is 6.05. The Morgan fingerprint density at radius 3 is 2.87 bits per heavy atom. The number of carbonyl (C=O) groups excluding carboxylic acids is 1. The van der Waals surface area contributed by atoms with Crippen LogP contribution >= 0.6 is 24.0 Å². The van der Waals surface area contributed by atoms with E-state index in [0.717, 1.165) is 25.9 Å². The quantitative estimate of drug-likeness (QED) is 0.898. The molecule has 0 aromatic heterocycles. The van der Waals surface area contributed by atoms with Gasteiger partial charge in [-0.2, -0.15) is 0 Å². The zero-order chi connectivity index (χ0) is 15.7. The fourth-order valence-corrected chi connectivity index (χ4v) is 3.42. The zero-order valence-electron chi connectivity index (χ0n) is 12.9. The van der Waals surface area contributed by atoms with Crippen molar-refractivity contribution in [1.29, 1.82) is 0 Å². The number of nitrogens with one attached hydrogen (secondary N) is 1. The van der Waals surface area contributed by atoms with Crippen molar-refractivity contribution in [2.75, 3.05) is 13.1 Å². The van der Waals surface area contributed by atoms with E-state index in [2.05, 4.69) is 5.32 Å². The molecule has 7 heteroatoms. The van der Waals surface area contributed by atoms with Crippen LogP contribution in [0.4, 0.5) is 4.39 Å². The average Bonchev–Trinajstić information content (AvgIpc) is 2.80. The van der Waals surface area contributed by atoms with Crippen LogP contribution in [0.1, 0.15) is 26.2 Å². The molecule has 1 aromatic carbocycles. The molecule has 0 saturated carbocycles. The van der Waals surface area contributed by atoms with Gasteiger partial charge < -0.3 is 15.0 Å². The van der Waals surface area contributed by atoms with Gasteiger partial charge in [-0.15, -0.1) is 12.4 Å². The number of ether oxygens (including phenoxy) is 1. The Morgan fingerprint density at radius 1 is 1.39 bits per heavy atom. The Bertz CT molecular complexity index is 573. The second-order valence-corrected chi connectivity index (χ2v) is 6.45. The number of amides is 1. The van der Waals surface area contributed by atoms with E-state index in [0.29, 0.717) is 17.8 Å². The average molecular weight is 363 g/mol. The van der Waals surface area contributed by atoms with Gasteiger partial charge in [0.15, 0.2) is 6.10 Å². The fourth-order valence-electron chi connectivity index (χ4n) is 3.21. The first-order valence-corrected chi connectivity index (χ1v) is 8.07.